The first-order valence-corrected chi connectivity index (χ1v) is 12.0. The van der Waals surface area contributed by atoms with Gasteiger partial charge in [0.25, 0.3) is 11.1 Å². The van der Waals surface area contributed by atoms with E-state index in [0.717, 1.165) is 28.5 Å². The van der Waals surface area contributed by atoms with Crippen LogP contribution in [0.5, 0.6) is 5.75 Å². The van der Waals surface area contributed by atoms with Crippen LogP contribution in [0.1, 0.15) is 22.3 Å². The van der Waals surface area contributed by atoms with E-state index in [1.807, 2.05) is 36.4 Å². The molecule has 1 heterocycles. The minimum Gasteiger partial charge on any atom is -0.487 e. The molecular formula is C27H19BrN2O3S. The fourth-order valence-electron chi connectivity index (χ4n) is 3.55. The summed E-state index contributed by atoms with van der Waals surface area (Å²) in [6.45, 7) is 4.07. The van der Waals surface area contributed by atoms with Gasteiger partial charge in [0.15, 0.2) is 0 Å². The quantitative estimate of drug-likeness (QED) is 0.246. The van der Waals surface area contributed by atoms with Crippen LogP contribution in [0.2, 0.25) is 0 Å². The zero-order valence-corrected chi connectivity index (χ0v) is 20.4. The van der Waals surface area contributed by atoms with Crippen LogP contribution >= 0.6 is 27.7 Å². The highest BCUT2D eigenvalue weighted by atomic mass is 79.9. The highest BCUT2D eigenvalue weighted by Crippen LogP contribution is 2.38. The lowest BCUT2D eigenvalue weighted by Gasteiger charge is -2.15. The Hall–Kier alpha value is -3.60. The summed E-state index contributed by atoms with van der Waals surface area (Å²) in [5.74, 6) is 0.290. The van der Waals surface area contributed by atoms with Gasteiger partial charge in [-0.1, -0.05) is 42.5 Å². The molecule has 34 heavy (non-hydrogen) atoms. The Morgan fingerprint density at radius 2 is 1.79 bits per heavy atom. The lowest BCUT2D eigenvalue weighted by atomic mass is 10.1. The third-order valence-corrected chi connectivity index (χ3v) is 6.58. The largest absolute Gasteiger partial charge is 0.487 e. The second-order valence-electron chi connectivity index (χ2n) is 7.39. The molecule has 0 radical (unpaired) electrons. The van der Waals surface area contributed by atoms with Crippen molar-refractivity contribution in [1.29, 1.82) is 5.26 Å². The number of carbonyl (C=O) groups excluding carboxylic acids is 2. The van der Waals surface area contributed by atoms with E-state index >= 15 is 0 Å². The Kier molecular flexibility index (Phi) is 7.31. The van der Waals surface area contributed by atoms with Gasteiger partial charge >= 0.3 is 0 Å². The van der Waals surface area contributed by atoms with Crippen LogP contribution in [-0.2, 0) is 17.8 Å². The number of hydrogen-bond acceptors (Lipinski definition) is 5. The summed E-state index contributed by atoms with van der Waals surface area (Å²) in [4.78, 5) is 27.0. The Labute approximate surface area is 210 Å². The first-order chi connectivity index (χ1) is 16.5. The Balaban J connectivity index is 1.62. The van der Waals surface area contributed by atoms with Crippen LogP contribution in [0.4, 0.5) is 10.5 Å². The van der Waals surface area contributed by atoms with E-state index in [0.29, 0.717) is 32.8 Å². The summed E-state index contributed by atoms with van der Waals surface area (Å²) in [5, 5.41) is 8.99. The maximum atomic E-state index is 12.9. The van der Waals surface area contributed by atoms with Gasteiger partial charge in [-0.25, -0.2) is 4.90 Å². The monoisotopic (exact) mass is 530 g/mol. The predicted octanol–water partition coefficient (Wildman–Crippen LogP) is 6.87. The molecule has 1 fully saturated rings. The van der Waals surface area contributed by atoms with Crippen molar-refractivity contribution in [1.82, 2.24) is 0 Å². The molecule has 1 saturated heterocycles. The number of carbonyl (C=O) groups is 2. The lowest BCUT2D eigenvalue weighted by molar-refractivity contribution is -0.113. The molecule has 5 nitrogen and oxygen atoms in total. The van der Waals surface area contributed by atoms with E-state index in [-0.39, 0.29) is 17.8 Å². The van der Waals surface area contributed by atoms with Crippen LogP contribution in [0.25, 0.3) is 6.08 Å². The molecule has 0 unspecified atom stereocenters. The van der Waals surface area contributed by atoms with E-state index in [9.17, 15) is 14.9 Å². The molecule has 0 aromatic heterocycles. The summed E-state index contributed by atoms with van der Waals surface area (Å²) >= 11 is 4.49. The number of benzene rings is 3. The number of rotatable bonds is 7. The van der Waals surface area contributed by atoms with Crippen molar-refractivity contribution < 1.29 is 14.3 Å². The predicted molar refractivity (Wildman–Crippen MR) is 138 cm³/mol. The number of allylic oxidation sites excluding steroid dienone is 1. The van der Waals surface area contributed by atoms with Crippen molar-refractivity contribution in [2.45, 2.75) is 13.0 Å². The number of para-hydroxylation sites is 1. The fourth-order valence-corrected chi connectivity index (χ4v) is 5.02. The van der Waals surface area contributed by atoms with E-state index in [1.165, 1.54) is 4.90 Å². The van der Waals surface area contributed by atoms with Crippen molar-refractivity contribution in [3.8, 4) is 11.8 Å². The number of imide groups is 1. The van der Waals surface area contributed by atoms with Gasteiger partial charge in [0.1, 0.15) is 12.4 Å². The van der Waals surface area contributed by atoms with Crippen molar-refractivity contribution in [3.63, 3.8) is 0 Å². The minimum absolute atomic E-state index is 0.238. The number of halogens is 1. The summed E-state index contributed by atoms with van der Waals surface area (Å²) < 4.78 is 6.79. The zero-order valence-electron chi connectivity index (χ0n) is 18.0. The topological polar surface area (TPSA) is 70.4 Å². The Morgan fingerprint density at radius 1 is 1.06 bits per heavy atom. The third kappa shape index (κ3) is 4.98. The normalized spacial score (nSPS) is 14.4. The SMILES string of the molecule is C=CCc1cc(/C=C2\SC(=O)N(c3ccccc3)C2=O)cc(Br)c1OCc1ccccc1C#N. The second-order valence-corrected chi connectivity index (χ2v) is 9.24. The third-order valence-electron chi connectivity index (χ3n) is 5.12. The molecule has 0 atom stereocenters. The van der Waals surface area contributed by atoms with Crippen molar-refractivity contribution in [2.24, 2.45) is 0 Å². The van der Waals surface area contributed by atoms with Crippen LogP contribution < -0.4 is 9.64 Å². The van der Waals surface area contributed by atoms with Crippen molar-refractivity contribution in [3.05, 3.63) is 111 Å². The molecule has 1 aliphatic rings. The minimum atomic E-state index is -0.351. The number of hydrogen-bond donors (Lipinski definition) is 0. The van der Waals surface area contributed by atoms with Gasteiger partial charge in [-0.15, -0.1) is 6.58 Å². The van der Waals surface area contributed by atoms with E-state index in [1.54, 1.807) is 42.5 Å². The average molecular weight is 531 g/mol. The standard InChI is InChI=1S/C27H19BrN2O3S/c1-2-8-19-13-18(14-23(28)25(19)33-17-21-10-7-6-9-20(21)16-29)15-24-26(31)30(27(32)34-24)22-11-4-3-5-12-22/h2-7,9-15H,1,8,17H2/b24-15-. The maximum absolute atomic E-state index is 12.9. The Morgan fingerprint density at radius 3 is 2.53 bits per heavy atom. The van der Waals surface area contributed by atoms with Crippen molar-refractivity contribution >= 4 is 50.6 Å². The molecule has 0 N–H and O–H groups in total. The molecule has 7 heteroatoms. The number of amides is 2. The highest BCUT2D eigenvalue weighted by molar-refractivity contribution is 9.10. The van der Waals surface area contributed by atoms with Gasteiger partial charge in [0.2, 0.25) is 0 Å². The van der Waals surface area contributed by atoms with Gasteiger partial charge < -0.3 is 4.74 Å². The number of anilines is 1. The van der Waals surface area contributed by atoms with Crippen LogP contribution in [0, 0.1) is 11.3 Å². The smallest absolute Gasteiger partial charge is 0.298 e. The van der Waals surface area contributed by atoms with Gasteiger partial charge in [0.05, 0.1) is 26.7 Å². The van der Waals surface area contributed by atoms with E-state index in [2.05, 4.69) is 28.6 Å². The van der Waals surface area contributed by atoms with Crippen LogP contribution in [0.3, 0.4) is 0 Å². The number of nitrogens with zero attached hydrogens (tertiary/aromatic N) is 2. The molecule has 3 aromatic rings. The first-order valence-electron chi connectivity index (χ1n) is 10.4. The molecule has 0 bridgehead atoms. The number of thioether (sulfide) groups is 1. The lowest BCUT2D eigenvalue weighted by Crippen LogP contribution is -2.27. The number of nitriles is 1. The van der Waals surface area contributed by atoms with E-state index < -0.39 is 0 Å². The first kappa shape index (κ1) is 23.6. The van der Waals surface area contributed by atoms with Gasteiger partial charge in [0, 0.05) is 5.56 Å². The summed E-state index contributed by atoms with van der Waals surface area (Å²) in [6.07, 6.45) is 4.02. The highest BCUT2D eigenvalue weighted by Gasteiger charge is 2.36. The van der Waals surface area contributed by atoms with Crippen LogP contribution in [0.15, 0.2) is 88.8 Å². The van der Waals surface area contributed by atoms with E-state index in [4.69, 9.17) is 4.74 Å². The molecule has 2 amide bonds. The van der Waals surface area contributed by atoms with Gasteiger partial charge in [-0.3, -0.25) is 9.59 Å². The van der Waals surface area contributed by atoms with Gasteiger partial charge in [-0.2, -0.15) is 5.26 Å². The molecular weight excluding hydrogens is 512 g/mol. The summed E-state index contributed by atoms with van der Waals surface area (Å²) in [7, 11) is 0. The molecule has 1 aliphatic heterocycles. The summed E-state index contributed by atoms with van der Waals surface area (Å²) in [5.41, 5.74) is 3.53. The molecule has 168 valence electrons. The molecule has 0 aliphatic carbocycles. The molecule has 0 spiro atoms. The molecule has 4 rings (SSSR count). The molecule has 0 saturated carbocycles. The summed E-state index contributed by atoms with van der Waals surface area (Å²) in [6, 6.07) is 22.1. The fraction of sp³-hybridized carbons (Fsp3) is 0.0741. The number of ether oxygens (including phenoxy) is 1. The van der Waals surface area contributed by atoms with Gasteiger partial charge in [-0.05, 0) is 81.6 Å². The zero-order chi connectivity index (χ0) is 24.1. The average Bonchev–Trinajstić information content (AvgIpc) is 3.12. The van der Waals surface area contributed by atoms with Crippen LogP contribution in [-0.4, -0.2) is 11.1 Å². The second kappa shape index (κ2) is 10.6. The van der Waals surface area contributed by atoms with Crippen molar-refractivity contribution in [2.75, 3.05) is 4.90 Å². The molecule has 3 aromatic carbocycles. The maximum Gasteiger partial charge on any atom is 0.298 e. The Bertz CT molecular complexity index is 1350.